The molecule has 1 aromatic rings. The SMILES string of the molecule is CN(C1CCOCC1)S(=O)(=O)c1c(F)cc(N)cc1F. The van der Waals surface area contributed by atoms with Gasteiger partial charge in [-0.1, -0.05) is 0 Å². The monoisotopic (exact) mass is 306 g/mol. The number of nitrogens with zero attached hydrogens (tertiary/aromatic N) is 1. The van der Waals surface area contributed by atoms with Crippen LogP contribution in [0.3, 0.4) is 0 Å². The van der Waals surface area contributed by atoms with Crippen LogP contribution in [-0.4, -0.2) is 39.0 Å². The van der Waals surface area contributed by atoms with Gasteiger partial charge in [-0.15, -0.1) is 0 Å². The molecule has 0 spiro atoms. The molecule has 1 aliphatic heterocycles. The molecule has 0 radical (unpaired) electrons. The van der Waals surface area contributed by atoms with Crippen LogP contribution in [0.4, 0.5) is 14.5 Å². The molecule has 0 saturated carbocycles. The van der Waals surface area contributed by atoms with E-state index in [-0.39, 0.29) is 11.7 Å². The van der Waals surface area contributed by atoms with Crippen molar-refractivity contribution in [2.45, 2.75) is 23.8 Å². The first-order valence-corrected chi connectivity index (χ1v) is 7.58. The van der Waals surface area contributed by atoms with Gasteiger partial charge in [-0.3, -0.25) is 0 Å². The van der Waals surface area contributed by atoms with Crippen molar-refractivity contribution in [3.05, 3.63) is 23.8 Å². The lowest BCUT2D eigenvalue weighted by atomic mass is 10.1. The van der Waals surface area contributed by atoms with E-state index in [0.29, 0.717) is 26.1 Å². The number of benzene rings is 1. The second-order valence-electron chi connectivity index (χ2n) is 4.68. The van der Waals surface area contributed by atoms with Crippen molar-refractivity contribution in [3.63, 3.8) is 0 Å². The molecule has 2 rings (SSSR count). The number of sulfonamides is 1. The summed E-state index contributed by atoms with van der Waals surface area (Å²) in [6.45, 7) is 0.856. The van der Waals surface area contributed by atoms with Crippen LogP contribution in [0.1, 0.15) is 12.8 Å². The first kappa shape index (κ1) is 15.1. The van der Waals surface area contributed by atoms with Crippen molar-refractivity contribution in [3.8, 4) is 0 Å². The minimum Gasteiger partial charge on any atom is -0.399 e. The molecule has 0 atom stereocenters. The Kier molecular flexibility index (Phi) is 4.26. The standard InChI is InChI=1S/C12H16F2N2O3S/c1-16(9-2-4-19-5-3-9)20(17,18)12-10(13)6-8(15)7-11(12)14/h6-7,9H,2-5,15H2,1H3. The van der Waals surface area contributed by atoms with E-state index in [4.69, 9.17) is 10.5 Å². The zero-order chi connectivity index (χ0) is 14.9. The fourth-order valence-electron chi connectivity index (χ4n) is 2.21. The lowest BCUT2D eigenvalue weighted by molar-refractivity contribution is 0.0631. The van der Waals surface area contributed by atoms with Gasteiger partial charge in [0, 0.05) is 32.0 Å². The molecule has 0 unspecified atom stereocenters. The molecule has 1 aromatic carbocycles. The summed E-state index contributed by atoms with van der Waals surface area (Å²) in [7, 11) is -2.92. The molecule has 1 aliphatic rings. The number of hydrogen-bond acceptors (Lipinski definition) is 4. The van der Waals surface area contributed by atoms with Gasteiger partial charge in [0.05, 0.1) is 0 Å². The van der Waals surface area contributed by atoms with E-state index in [2.05, 4.69) is 0 Å². The van der Waals surface area contributed by atoms with Gasteiger partial charge in [-0.05, 0) is 25.0 Å². The topological polar surface area (TPSA) is 72.6 Å². The van der Waals surface area contributed by atoms with Crippen LogP contribution in [0.15, 0.2) is 17.0 Å². The molecule has 1 saturated heterocycles. The van der Waals surface area contributed by atoms with Crippen molar-refractivity contribution in [2.75, 3.05) is 26.0 Å². The van der Waals surface area contributed by atoms with Gasteiger partial charge in [0.25, 0.3) is 0 Å². The molecule has 0 amide bonds. The quantitative estimate of drug-likeness (QED) is 0.856. The first-order valence-electron chi connectivity index (χ1n) is 6.14. The number of nitrogen functional groups attached to an aromatic ring is 1. The third-order valence-corrected chi connectivity index (χ3v) is 5.33. The van der Waals surface area contributed by atoms with Gasteiger partial charge >= 0.3 is 0 Å². The van der Waals surface area contributed by atoms with Crippen LogP contribution in [0.25, 0.3) is 0 Å². The Morgan fingerprint density at radius 3 is 2.25 bits per heavy atom. The van der Waals surface area contributed by atoms with Gasteiger partial charge in [0.1, 0.15) is 11.6 Å². The van der Waals surface area contributed by atoms with E-state index in [1.807, 2.05) is 0 Å². The minimum atomic E-state index is -4.24. The summed E-state index contributed by atoms with van der Waals surface area (Å²) in [5.74, 6) is -2.36. The summed E-state index contributed by atoms with van der Waals surface area (Å²) in [5, 5.41) is 0. The molecule has 0 aliphatic carbocycles. The zero-order valence-electron chi connectivity index (χ0n) is 11.0. The maximum absolute atomic E-state index is 13.8. The Hall–Kier alpha value is -1.25. The summed E-state index contributed by atoms with van der Waals surface area (Å²) in [4.78, 5) is -0.958. The lowest BCUT2D eigenvalue weighted by Crippen LogP contribution is -2.41. The first-order chi connectivity index (χ1) is 9.34. The summed E-state index contributed by atoms with van der Waals surface area (Å²) in [6.07, 6.45) is 0.988. The van der Waals surface area contributed by atoms with E-state index in [9.17, 15) is 17.2 Å². The van der Waals surface area contributed by atoms with Crippen molar-refractivity contribution in [1.29, 1.82) is 0 Å². The van der Waals surface area contributed by atoms with E-state index in [1.165, 1.54) is 7.05 Å². The molecule has 0 bridgehead atoms. The molecule has 2 N–H and O–H groups in total. The Morgan fingerprint density at radius 1 is 1.25 bits per heavy atom. The Bertz CT molecular complexity index is 578. The number of anilines is 1. The van der Waals surface area contributed by atoms with Crippen molar-refractivity contribution in [2.24, 2.45) is 0 Å². The van der Waals surface area contributed by atoms with Crippen molar-refractivity contribution >= 4 is 15.7 Å². The van der Waals surface area contributed by atoms with Gasteiger partial charge < -0.3 is 10.5 Å². The van der Waals surface area contributed by atoms with Gasteiger partial charge in [0.2, 0.25) is 10.0 Å². The highest BCUT2D eigenvalue weighted by atomic mass is 32.2. The summed E-state index contributed by atoms with van der Waals surface area (Å²) < 4.78 is 58.4. The van der Waals surface area contributed by atoms with Crippen LogP contribution < -0.4 is 5.73 Å². The highest BCUT2D eigenvalue weighted by Gasteiger charge is 2.33. The maximum Gasteiger partial charge on any atom is 0.248 e. The normalized spacial score (nSPS) is 17.6. The largest absolute Gasteiger partial charge is 0.399 e. The van der Waals surface area contributed by atoms with E-state index >= 15 is 0 Å². The molecule has 0 aromatic heterocycles. The molecule has 112 valence electrons. The van der Waals surface area contributed by atoms with E-state index < -0.39 is 26.6 Å². The number of hydrogen-bond donors (Lipinski definition) is 1. The second-order valence-corrected chi connectivity index (χ2v) is 6.61. The van der Waals surface area contributed by atoms with Crippen LogP contribution >= 0.6 is 0 Å². The molecular weight excluding hydrogens is 290 g/mol. The van der Waals surface area contributed by atoms with Crippen LogP contribution in [0.5, 0.6) is 0 Å². The zero-order valence-corrected chi connectivity index (χ0v) is 11.8. The fraction of sp³-hybridized carbons (Fsp3) is 0.500. The average molecular weight is 306 g/mol. The van der Waals surface area contributed by atoms with Crippen LogP contribution in [0, 0.1) is 11.6 Å². The number of rotatable bonds is 3. The highest BCUT2D eigenvalue weighted by molar-refractivity contribution is 7.89. The van der Waals surface area contributed by atoms with Gasteiger partial charge in [0.15, 0.2) is 4.90 Å². The average Bonchev–Trinajstić information content (AvgIpc) is 2.37. The maximum atomic E-state index is 13.8. The van der Waals surface area contributed by atoms with Crippen LogP contribution in [-0.2, 0) is 14.8 Å². The Labute approximate surface area is 116 Å². The van der Waals surface area contributed by atoms with Crippen molar-refractivity contribution < 1.29 is 21.9 Å². The molecular formula is C12H16F2N2O3S. The predicted molar refractivity (Wildman–Crippen MR) is 69.6 cm³/mol. The summed E-state index contributed by atoms with van der Waals surface area (Å²) in [5.41, 5.74) is 5.13. The second kappa shape index (κ2) is 5.63. The lowest BCUT2D eigenvalue weighted by Gasteiger charge is -2.30. The number of nitrogens with two attached hydrogens (primary N) is 1. The molecule has 8 heteroatoms. The Morgan fingerprint density at radius 2 is 1.75 bits per heavy atom. The smallest absolute Gasteiger partial charge is 0.248 e. The summed E-state index contributed by atoms with van der Waals surface area (Å²) >= 11 is 0. The van der Waals surface area contributed by atoms with Gasteiger partial charge in [-0.2, -0.15) is 4.31 Å². The van der Waals surface area contributed by atoms with E-state index in [0.717, 1.165) is 16.4 Å². The fourth-order valence-corrected chi connectivity index (χ4v) is 3.72. The van der Waals surface area contributed by atoms with E-state index in [1.54, 1.807) is 0 Å². The highest BCUT2D eigenvalue weighted by Crippen LogP contribution is 2.27. The molecule has 20 heavy (non-hydrogen) atoms. The summed E-state index contributed by atoms with van der Waals surface area (Å²) in [6, 6.07) is 1.27. The van der Waals surface area contributed by atoms with Crippen LogP contribution in [0.2, 0.25) is 0 Å². The van der Waals surface area contributed by atoms with Crippen molar-refractivity contribution in [1.82, 2.24) is 4.31 Å². The Balaban J connectivity index is 2.39. The third-order valence-electron chi connectivity index (χ3n) is 3.36. The third kappa shape index (κ3) is 2.77. The van der Waals surface area contributed by atoms with Gasteiger partial charge in [-0.25, -0.2) is 17.2 Å². The molecule has 1 fully saturated rings. The minimum absolute atomic E-state index is 0.160. The molecule has 5 nitrogen and oxygen atoms in total. The predicted octanol–water partition coefficient (Wildman–Crippen LogP) is 1.35. The molecule has 1 heterocycles. The number of ether oxygens (including phenoxy) is 1. The number of halogens is 2.